The van der Waals surface area contributed by atoms with Crippen LogP contribution in [0.3, 0.4) is 0 Å². The second-order valence-corrected chi connectivity index (χ2v) is 17.0. The van der Waals surface area contributed by atoms with Crippen molar-refractivity contribution in [3.63, 3.8) is 0 Å². The molecule has 3 aliphatic carbocycles. The Morgan fingerprint density at radius 2 is 1.83 bits per heavy atom. The number of carbonyl (C=O) groups is 2. The fraction of sp³-hybridized carbons (Fsp3) is 0.636. The number of likely N-dealkylation sites (N-methyl/N-ethyl adjacent to an activating group) is 1. The fourth-order valence-corrected chi connectivity index (χ4v) is 7.01. The van der Waals surface area contributed by atoms with Crippen LogP contribution in [0.4, 0.5) is 0 Å². The Kier molecular flexibility index (Phi) is 18.8. The van der Waals surface area contributed by atoms with Gasteiger partial charge < -0.3 is 20.7 Å². The van der Waals surface area contributed by atoms with Gasteiger partial charge in [-0.1, -0.05) is 118 Å². The lowest BCUT2D eigenvalue weighted by Crippen LogP contribution is -2.55. The standard InChI is InChI=1S/C39H54N2O3.C3H11N5.C2H6/c1-28(2)27-44-33-15-10-9-13-31(18-19-33)35-36(43)41(39(40-35)24-20-32(21-25-39)38(6,7)8)34(22-23-37(3,4)5)30-14-11-12-29(26-42)16-17-30;1-6-2-3(4)7-8-5;1-2/h11,13-14,16-19,26,28,32-34H,9,12,20-25,27H2,1-8H3;6,8H,2,5H2,1H3,(H2,4,7);1-2H3/b19-18-,31-13+;;. The quantitative estimate of drug-likeness (QED) is 0.0409. The Morgan fingerprint density at radius 1 is 1.15 bits per heavy atom. The smallest absolute Gasteiger partial charge is 0.275 e. The minimum Gasteiger partial charge on any atom is -0.385 e. The lowest BCUT2D eigenvalue weighted by Gasteiger charge is -2.48. The van der Waals surface area contributed by atoms with Crippen LogP contribution in [0.25, 0.3) is 0 Å². The number of aliphatic imine (C=N–C) groups is 1. The van der Waals surface area contributed by atoms with E-state index in [4.69, 9.17) is 21.3 Å². The van der Waals surface area contributed by atoms with Crippen molar-refractivity contribution in [1.29, 1.82) is 0 Å². The Balaban J connectivity index is 0.000000893. The van der Waals surface area contributed by atoms with E-state index < -0.39 is 5.66 Å². The molecule has 10 nitrogen and oxygen atoms in total. The molecule has 2 atom stereocenters. The molecule has 4 rings (SSSR count). The Bertz CT molecular complexity index is 1510. The molecule has 10 heteroatoms. The number of hydrogen-bond donors (Lipinski definition) is 4. The minimum atomic E-state index is -0.592. The van der Waals surface area contributed by atoms with Crippen molar-refractivity contribution < 1.29 is 14.3 Å². The van der Waals surface area contributed by atoms with Gasteiger partial charge in [-0.05, 0) is 91.9 Å². The molecule has 6 N–H and O–H groups in total. The molecule has 0 aromatic rings. The zero-order valence-corrected chi connectivity index (χ0v) is 35.2. The molecule has 300 valence electrons. The summed E-state index contributed by atoms with van der Waals surface area (Å²) in [5.74, 6) is 12.7. The van der Waals surface area contributed by atoms with Crippen LogP contribution in [0.2, 0.25) is 0 Å². The first-order valence-electron chi connectivity index (χ1n) is 19.9. The average molecular weight is 746 g/mol. The number of hydrazine groups is 1. The number of aldehydes is 1. The van der Waals surface area contributed by atoms with Gasteiger partial charge in [0.25, 0.3) is 5.91 Å². The Morgan fingerprint density at radius 3 is 2.41 bits per heavy atom. The van der Waals surface area contributed by atoms with Gasteiger partial charge in [0.2, 0.25) is 0 Å². The average Bonchev–Trinajstić information content (AvgIpc) is 3.22. The molecule has 0 saturated heterocycles. The molecule has 54 heavy (non-hydrogen) atoms. The van der Waals surface area contributed by atoms with Gasteiger partial charge in [0.15, 0.2) is 0 Å². The Hall–Kier alpha value is -3.78. The van der Waals surface area contributed by atoms with Crippen molar-refractivity contribution in [1.82, 2.24) is 15.8 Å². The molecule has 0 radical (unpaired) electrons. The summed E-state index contributed by atoms with van der Waals surface area (Å²) in [5, 5.41) is 6.27. The number of amidine groups is 1. The van der Waals surface area contributed by atoms with E-state index >= 15 is 0 Å². The van der Waals surface area contributed by atoms with Gasteiger partial charge in [0.1, 0.15) is 29.6 Å². The molecule has 2 unspecified atom stereocenters. The maximum atomic E-state index is 14.8. The highest BCUT2D eigenvalue weighted by Crippen LogP contribution is 2.49. The number of hydrogen-bond acceptors (Lipinski definition) is 8. The van der Waals surface area contributed by atoms with Gasteiger partial charge in [-0.25, -0.2) is 11.4 Å². The molecule has 1 fully saturated rings. The van der Waals surface area contributed by atoms with Crippen molar-refractivity contribution in [2.75, 3.05) is 20.2 Å². The van der Waals surface area contributed by atoms with Crippen LogP contribution in [0.1, 0.15) is 121 Å². The number of nitrogens with zero attached hydrogens (tertiary/aromatic N) is 3. The number of ether oxygens (including phenoxy) is 1. The monoisotopic (exact) mass is 746 g/mol. The number of amides is 1. The first-order valence-corrected chi connectivity index (χ1v) is 19.9. The largest absolute Gasteiger partial charge is 0.385 e. The normalized spacial score (nSPS) is 25.1. The van der Waals surface area contributed by atoms with Crippen LogP contribution >= 0.6 is 0 Å². The van der Waals surface area contributed by atoms with Gasteiger partial charge >= 0.3 is 0 Å². The molecule has 0 bridgehead atoms. The Labute approximate surface area is 327 Å². The summed E-state index contributed by atoms with van der Waals surface area (Å²) < 4.78 is 6.04. The zero-order valence-electron chi connectivity index (χ0n) is 35.2. The van der Waals surface area contributed by atoms with Gasteiger partial charge in [-0.3, -0.25) is 14.6 Å². The minimum absolute atomic E-state index is 0.000312. The predicted octanol–water partition coefficient (Wildman–Crippen LogP) is 7.31. The van der Waals surface area contributed by atoms with Crippen LogP contribution in [-0.2, 0) is 14.3 Å². The number of allylic oxidation sites excluding steroid dienone is 6. The summed E-state index contributed by atoms with van der Waals surface area (Å²) in [4.78, 5) is 34.0. The lowest BCUT2D eigenvalue weighted by atomic mass is 9.69. The molecule has 0 aromatic heterocycles. The van der Waals surface area contributed by atoms with Crippen LogP contribution in [0.15, 0.2) is 69.3 Å². The van der Waals surface area contributed by atoms with E-state index in [0.717, 1.165) is 61.5 Å². The van der Waals surface area contributed by atoms with E-state index in [1.165, 1.54) is 0 Å². The highest BCUT2D eigenvalue weighted by Gasteiger charge is 2.53. The summed E-state index contributed by atoms with van der Waals surface area (Å²) in [7, 11) is 1.78. The van der Waals surface area contributed by atoms with Gasteiger partial charge in [0, 0.05) is 12.0 Å². The SMILES string of the molecule is CC.CC(C)COC1C#CC/C=C(C2=NC3(CCC(C(C)(C)C)CC3)N(C(CCC(C)(C)C)C3=CC=C(C=O)CC=C3)C2=O)\C=C/1.CNC/C(N)=N/NN. The first-order chi connectivity index (χ1) is 25.5. The second-order valence-electron chi connectivity index (χ2n) is 17.0. The predicted molar refractivity (Wildman–Crippen MR) is 225 cm³/mol. The van der Waals surface area contributed by atoms with Gasteiger partial charge in [-0.2, -0.15) is 5.10 Å². The molecule has 0 aromatic carbocycles. The molecule has 1 aliphatic heterocycles. The fourth-order valence-electron chi connectivity index (χ4n) is 7.01. The summed E-state index contributed by atoms with van der Waals surface area (Å²) in [6.07, 6.45) is 21.5. The van der Waals surface area contributed by atoms with Gasteiger partial charge in [-0.15, -0.1) is 0 Å². The number of nitrogens with one attached hydrogen (secondary N) is 2. The highest BCUT2D eigenvalue weighted by atomic mass is 16.5. The molecule has 1 spiro atoms. The van der Waals surface area contributed by atoms with Crippen molar-refractivity contribution in [2.24, 2.45) is 44.3 Å². The van der Waals surface area contributed by atoms with Crippen LogP contribution in [-0.4, -0.2) is 66.6 Å². The highest BCUT2D eigenvalue weighted by molar-refractivity contribution is 6.47. The van der Waals surface area contributed by atoms with E-state index in [2.05, 4.69) is 106 Å². The lowest BCUT2D eigenvalue weighted by molar-refractivity contribution is -0.132. The first kappa shape index (κ1) is 46.4. The topological polar surface area (TPSA) is 147 Å². The second kappa shape index (κ2) is 21.9. The third kappa shape index (κ3) is 14.1. The molecular formula is C44H71N7O3. The van der Waals surface area contributed by atoms with Crippen molar-refractivity contribution in [2.45, 2.75) is 138 Å². The van der Waals surface area contributed by atoms with E-state index in [0.29, 0.717) is 49.4 Å². The van der Waals surface area contributed by atoms with Crippen LogP contribution < -0.4 is 22.4 Å². The molecule has 4 aliphatic rings. The zero-order chi connectivity index (χ0) is 40.5. The van der Waals surface area contributed by atoms with Crippen LogP contribution in [0, 0.1) is 34.5 Å². The van der Waals surface area contributed by atoms with Crippen molar-refractivity contribution in [3.05, 3.63) is 59.3 Å². The van der Waals surface area contributed by atoms with Gasteiger partial charge in [0.05, 0.1) is 19.2 Å². The summed E-state index contributed by atoms with van der Waals surface area (Å²) >= 11 is 0. The number of carbonyl (C=O) groups excluding carboxylic acids is 2. The van der Waals surface area contributed by atoms with Crippen LogP contribution in [0.5, 0.6) is 0 Å². The number of rotatable bonds is 12. The summed E-state index contributed by atoms with van der Waals surface area (Å²) in [6, 6.07) is -0.146. The third-order valence-corrected chi connectivity index (χ3v) is 9.94. The number of nitrogens with two attached hydrogens (primary N) is 2. The molecular weight excluding hydrogens is 675 g/mol. The van der Waals surface area contributed by atoms with E-state index in [-0.39, 0.29) is 28.9 Å². The number of hydrazone groups is 1. The summed E-state index contributed by atoms with van der Waals surface area (Å²) in [6.45, 7) is 23.2. The van der Waals surface area contributed by atoms with Crippen molar-refractivity contribution >= 4 is 23.7 Å². The third-order valence-electron chi connectivity index (χ3n) is 9.94. The molecule has 1 heterocycles. The molecule has 1 amide bonds. The van der Waals surface area contributed by atoms with E-state index in [1.807, 2.05) is 38.2 Å². The van der Waals surface area contributed by atoms with E-state index in [1.54, 1.807) is 7.05 Å². The maximum Gasteiger partial charge on any atom is 0.275 e. The summed E-state index contributed by atoms with van der Waals surface area (Å²) in [5.41, 5.74) is 10.2. The maximum absolute atomic E-state index is 14.8. The van der Waals surface area contributed by atoms with E-state index in [9.17, 15) is 9.59 Å². The van der Waals surface area contributed by atoms with Crippen molar-refractivity contribution in [3.8, 4) is 11.8 Å². The molecule has 1 saturated carbocycles.